The van der Waals surface area contributed by atoms with E-state index in [0.29, 0.717) is 27.0 Å². The number of carbonyl (C=O) groups excluding carboxylic acids is 3. The quantitative estimate of drug-likeness (QED) is 0.335. The van der Waals surface area contributed by atoms with Gasteiger partial charge in [0.2, 0.25) is 11.8 Å². The maximum Gasteiger partial charge on any atom is 0.322 e. The van der Waals surface area contributed by atoms with Crippen molar-refractivity contribution in [3.63, 3.8) is 0 Å². The summed E-state index contributed by atoms with van der Waals surface area (Å²) < 4.78 is 16.3. The van der Waals surface area contributed by atoms with Gasteiger partial charge in [0, 0.05) is 42.9 Å². The Morgan fingerprint density at radius 2 is 1.84 bits per heavy atom. The predicted molar refractivity (Wildman–Crippen MR) is 144 cm³/mol. The highest BCUT2D eigenvalue weighted by Crippen LogP contribution is 2.31. The van der Waals surface area contributed by atoms with Gasteiger partial charge in [0.05, 0.1) is 17.7 Å². The molecule has 1 saturated heterocycles. The van der Waals surface area contributed by atoms with Gasteiger partial charge >= 0.3 is 6.03 Å². The lowest BCUT2D eigenvalue weighted by Gasteiger charge is -2.23. The number of nitrogens with one attached hydrogen (secondary N) is 2. The Kier molecular flexibility index (Phi) is 6.89. The SMILES string of the molecule is CC(=O)n1cc(NC(=O)N2CC(F)CC2C(=O)Nc2cccc(Br)n2)c2ccc(-c3cnc(C)nc3)cc21. The molecule has 5 rings (SSSR count). The Hall–Kier alpha value is -4.19. The second-order valence-corrected chi connectivity index (χ2v) is 9.76. The zero-order valence-corrected chi connectivity index (χ0v) is 22.1. The lowest BCUT2D eigenvalue weighted by molar-refractivity contribution is -0.119. The minimum absolute atomic E-state index is 0.134. The fraction of sp³-hybridized carbons (Fsp3) is 0.231. The molecule has 38 heavy (non-hydrogen) atoms. The first-order chi connectivity index (χ1) is 18.2. The molecule has 1 fully saturated rings. The van der Waals surface area contributed by atoms with Crippen molar-refractivity contribution in [3.8, 4) is 11.1 Å². The van der Waals surface area contributed by atoms with Gasteiger partial charge in [0.15, 0.2) is 0 Å². The van der Waals surface area contributed by atoms with Crippen molar-refractivity contribution in [2.45, 2.75) is 32.5 Å². The monoisotopic (exact) mass is 579 g/mol. The van der Waals surface area contributed by atoms with Crippen LogP contribution in [0.5, 0.6) is 0 Å². The maximum atomic E-state index is 14.4. The Morgan fingerprint density at radius 3 is 2.55 bits per heavy atom. The normalized spacial score (nSPS) is 17.0. The van der Waals surface area contributed by atoms with Crippen molar-refractivity contribution in [1.29, 1.82) is 0 Å². The molecular formula is C26H23BrFN7O3. The molecule has 4 heterocycles. The molecule has 0 radical (unpaired) electrons. The van der Waals surface area contributed by atoms with Crippen LogP contribution in [0.1, 0.15) is 24.0 Å². The number of alkyl halides is 1. The number of carbonyl (C=O) groups is 3. The highest BCUT2D eigenvalue weighted by atomic mass is 79.9. The molecular weight excluding hydrogens is 557 g/mol. The van der Waals surface area contributed by atoms with Gasteiger partial charge < -0.3 is 15.5 Å². The van der Waals surface area contributed by atoms with E-state index in [9.17, 15) is 18.8 Å². The van der Waals surface area contributed by atoms with E-state index in [0.717, 1.165) is 16.0 Å². The summed E-state index contributed by atoms with van der Waals surface area (Å²) in [4.78, 5) is 52.3. The molecule has 0 saturated carbocycles. The molecule has 10 nitrogen and oxygen atoms in total. The van der Waals surface area contributed by atoms with E-state index >= 15 is 0 Å². The molecule has 2 atom stereocenters. The van der Waals surface area contributed by atoms with E-state index in [1.165, 1.54) is 17.7 Å². The number of aryl methyl sites for hydroxylation is 1. The van der Waals surface area contributed by atoms with E-state index in [-0.39, 0.29) is 24.7 Å². The molecule has 194 valence electrons. The van der Waals surface area contributed by atoms with Gasteiger partial charge in [-0.1, -0.05) is 18.2 Å². The third-order valence-corrected chi connectivity index (χ3v) is 6.72. The summed E-state index contributed by atoms with van der Waals surface area (Å²) in [5.41, 5.74) is 2.51. The summed E-state index contributed by atoms with van der Waals surface area (Å²) in [7, 11) is 0. The van der Waals surface area contributed by atoms with Gasteiger partial charge in [-0.25, -0.2) is 24.1 Å². The summed E-state index contributed by atoms with van der Waals surface area (Å²) in [6.45, 7) is 2.97. The summed E-state index contributed by atoms with van der Waals surface area (Å²) >= 11 is 3.24. The topological polar surface area (TPSA) is 122 Å². The highest BCUT2D eigenvalue weighted by molar-refractivity contribution is 9.10. The Bertz CT molecular complexity index is 1560. The zero-order chi connectivity index (χ0) is 27.0. The Labute approximate surface area is 225 Å². The van der Waals surface area contributed by atoms with E-state index in [1.54, 1.807) is 43.6 Å². The predicted octanol–water partition coefficient (Wildman–Crippen LogP) is 4.81. The van der Waals surface area contributed by atoms with Gasteiger partial charge in [-0.05, 0) is 46.6 Å². The van der Waals surface area contributed by atoms with Crippen molar-refractivity contribution >= 4 is 56.2 Å². The first-order valence-electron chi connectivity index (χ1n) is 11.8. The van der Waals surface area contributed by atoms with Gasteiger partial charge in [-0.2, -0.15) is 0 Å². The van der Waals surface area contributed by atoms with Crippen LogP contribution in [0.25, 0.3) is 22.0 Å². The number of benzene rings is 1. The standard InChI is InChI=1S/C26H23BrFN7O3/c1-14-29-10-17(11-30-14)16-6-7-19-20(13-34(15(2)36)21(19)8-16)31-26(38)35-12-18(28)9-22(35)25(37)33-24-5-3-4-23(27)32-24/h3-8,10-11,13,18,22H,9,12H2,1-2H3,(H,31,38)(H,32,33,37). The van der Waals surface area contributed by atoms with Crippen LogP contribution in [-0.4, -0.2) is 61.0 Å². The van der Waals surface area contributed by atoms with Crippen molar-refractivity contribution < 1.29 is 18.8 Å². The van der Waals surface area contributed by atoms with E-state index in [2.05, 4.69) is 41.5 Å². The van der Waals surface area contributed by atoms with Gasteiger partial charge in [-0.3, -0.25) is 14.2 Å². The van der Waals surface area contributed by atoms with Gasteiger partial charge in [0.25, 0.3) is 0 Å². The van der Waals surface area contributed by atoms with Crippen LogP contribution in [0.4, 0.5) is 20.7 Å². The van der Waals surface area contributed by atoms with Crippen LogP contribution < -0.4 is 10.6 Å². The lowest BCUT2D eigenvalue weighted by atomic mass is 10.1. The first-order valence-corrected chi connectivity index (χ1v) is 12.6. The van der Waals surface area contributed by atoms with Gasteiger partial charge in [0.1, 0.15) is 28.5 Å². The molecule has 3 aromatic heterocycles. The largest absolute Gasteiger partial charge is 0.322 e. The number of halogens is 2. The number of hydrogen-bond acceptors (Lipinski definition) is 6. The fourth-order valence-electron chi connectivity index (χ4n) is 4.44. The molecule has 0 aliphatic carbocycles. The molecule has 1 aliphatic rings. The van der Waals surface area contributed by atoms with Crippen LogP contribution in [-0.2, 0) is 4.79 Å². The number of aromatic nitrogens is 4. The number of hydrogen-bond donors (Lipinski definition) is 2. The number of urea groups is 1. The highest BCUT2D eigenvalue weighted by Gasteiger charge is 2.40. The van der Waals surface area contributed by atoms with Crippen LogP contribution in [0.2, 0.25) is 0 Å². The number of likely N-dealkylation sites (tertiary alicyclic amines) is 1. The van der Waals surface area contributed by atoms with Crippen molar-refractivity contribution in [2.75, 3.05) is 17.2 Å². The molecule has 2 N–H and O–H groups in total. The minimum atomic E-state index is -1.36. The molecule has 1 aromatic carbocycles. The van der Waals surface area contributed by atoms with Crippen molar-refractivity contribution in [1.82, 2.24) is 24.4 Å². The third kappa shape index (κ3) is 5.12. The van der Waals surface area contributed by atoms with Crippen LogP contribution in [0.3, 0.4) is 0 Å². The summed E-state index contributed by atoms with van der Waals surface area (Å²) in [6, 6.07) is 8.77. The maximum absolute atomic E-state index is 14.4. The van der Waals surface area contributed by atoms with Crippen LogP contribution in [0, 0.1) is 6.92 Å². The average molecular weight is 580 g/mol. The zero-order valence-electron chi connectivity index (χ0n) is 20.5. The smallest absolute Gasteiger partial charge is 0.309 e. The number of pyridine rings is 1. The Balaban J connectivity index is 1.41. The third-order valence-electron chi connectivity index (χ3n) is 6.28. The number of anilines is 2. The summed E-state index contributed by atoms with van der Waals surface area (Å²) in [5, 5.41) is 6.02. The molecule has 2 unspecified atom stereocenters. The molecule has 3 amide bonds. The Morgan fingerprint density at radius 1 is 1.08 bits per heavy atom. The fourth-order valence-corrected chi connectivity index (χ4v) is 4.78. The summed E-state index contributed by atoms with van der Waals surface area (Å²) in [5.74, 6) is 0.134. The van der Waals surface area contributed by atoms with E-state index in [1.807, 2.05) is 12.1 Å². The first kappa shape index (κ1) is 25.5. The number of fused-ring (bicyclic) bond motifs is 1. The van der Waals surface area contributed by atoms with E-state index in [4.69, 9.17) is 0 Å². The van der Waals surface area contributed by atoms with Crippen molar-refractivity contribution in [2.24, 2.45) is 0 Å². The number of rotatable bonds is 4. The van der Waals surface area contributed by atoms with Crippen molar-refractivity contribution in [3.05, 3.63) is 65.4 Å². The number of amides is 3. The molecule has 12 heteroatoms. The molecule has 0 spiro atoms. The van der Waals surface area contributed by atoms with Gasteiger partial charge in [-0.15, -0.1) is 0 Å². The lowest BCUT2D eigenvalue weighted by Crippen LogP contribution is -2.45. The number of nitrogens with zero attached hydrogens (tertiary/aromatic N) is 5. The second kappa shape index (κ2) is 10.3. The minimum Gasteiger partial charge on any atom is -0.309 e. The molecule has 0 bridgehead atoms. The van der Waals surface area contributed by atoms with Crippen LogP contribution >= 0.6 is 15.9 Å². The molecule has 4 aromatic rings. The second-order valence-electron chi connectivity index (χ2n) is 8.95. The molecule has 1 aliphatic heterocycles. The van der Waals surface area contributed by atoms with E-state index < -0.39 is 24.2 Å². The summed E-state index contributed by atoms with van der Waals surface area (Å²) in [6.07, 6.45) is 3.42. The average Bonchev–Trinajstić information content (AvgIpc) is 3.45. The van der Waals surface area contributed by atoms with Crippen LogP contribution in [0.15, 0.2) is 59.6 Å².